The predicted molar refractivity (Wildman–Crippen MR) is 107 cm³/mol. The van der Waals surface area contributed by atoms with Crippen LogP contribution in [0.5, 0.6) is 5.75 Å². The molecule has 1 saturated heterocycles. The molecule has 0 aromatic heterocycles. The minimum atomic E-state index is -0.0649. The maximum absolute atomic E-state index is 12.4. The number of rotatable bonds is 5. The van der Waals surface area contributed by atoms with Crippen molar-refractivity contribution in [3.05, 3.63) is 29.3 Å². The van der Waals surface area contributed by atoms with Crippen molar-refractivity contribution in [3.63, 3.8) is 0 Å². The molecule has 2 fully saturated rings. The first kappa shape index (κ1) is 21.8. The van der Waals surface area contributed by atoms with E-state index in [9.17, 15) is 9.59 Å². The molecule has 0 unspecified atom stereocenters. The SMILES string of the molecule is Cl.N[C@@H]1CCC[C@H]1CC(=O)N1CCN(C(=O)COc2ccc(Cl)cc2)CC1. The molecule has 2 atom stereocenters. The first-order valence-electron chi connectivity index (χ1n) is 9.22. The van der Waals surface area contributed by atoms with Gasteiger partial charge in [-0.05, 0) is 43.0 Å². The average Bonchev–Trinajstić information content (AvgIpc) is 3.05. The molecule has 1 saturated carbocycles. The van der Waals surface area contributed by atoms with Gasteiger partial charge in [-0.2, -0.15) is 0 Å². The van der Waals surface area contributed by atoms with Crippen LogP contribution in [0.3, 0.4) is 0 Å². The van der Waals surface area contributed by atoms with Gasteiger partial charge in [-0.15, -0.1) is 12.4 Å². The highest BCUT2D eigenvalue weighted by atomic mass is 35.5. The van der Waals surface area contributed by atoms with Gasteiger partial charge in [0.25, 0.3) is 5.91 Å². The zero-order valence-electron chi connectivity index (χ0n) is 15.3. The van der Waals surface area contributed by atoms with Crippen molar-refractivity contribution in [2.24, 2.45) is 11.7 Å². The standard InChI is InChI=1S/C19H26ClN3O3.ClH/c20-15-4-6-16(7-5-15)26-13-19(25)23-10-8-22(9-11-23)18(24)12-14-2-1-3-17(14)21;/h4-7,14,17H,1-3,8-13,21H2;1H/t14-,17+;/m0./s1. The van der Waals surface area contributed by atoms with Gasteiger partial charge < -0.3 is 20.3 Å². The van der Waals surface area contributed by atoms with Gasteiger partial charge in [0.15, 0.2) is 6.61 Å². The summed E-state index contributed by atoms with van der Waals surface area (Å²) >= 11 is 5.83. The first-order chi connectivity index (χ1) is 12.5. The number of hydrogen-bond acceptors (Lipinski definition) is 4. The van der Waals surface area contributed by atoms with Crippen molar-refractivity contribution in [2.45, 2.75) is 31.7 Å². The summed E-state index contributed by atoms with van der Waals surface area (Å²) < 4.78 is 5.51. The predicted octanol–water partition coefficient (Wildman–Crippen LogP) is 2.33. The Bertz CT molecular complexity index is 634. The summed E-state index contributed by atoms with van der Waals surface area (Å²) in [5.74, 6) is 1.03. The number of piperazine rings is 1. The largest absolute Gasteiger partial charge is 0.484 e. The molecule has 27 heavy (non-hydrogen) atoms. The smallest absolute Gasteiger partial charge is 0.260 e. The molecule has 6 nitrogen and oxygen atoms in total. The fraction of sp³-hybridized carbons (Fsp3) is 0.579. The summed E-state index contributed by atoms with van der Waals surface area (Å²) in [5, 5.41) is 0.628. The molecule has 2 N–H and O–H groups in total. The van der Waals surface area contributed by atoms with Crippen LogP contribution < -0.4 is 10.5 Å². The van der Waals surface area contributed by atoms with Gasteiger partial charge in [0.2, 0.25) is 5.91 Å². The highest BCUT2D eigenvalue weighted by Gasteiger charge is 2.30. The van der Waals surface area contributed by atoms with Gasteiger partial charge in [0.05, 0.1) is 0 Å². The topological polar surface area (TPSA) is 75.9 Å². The molecular weight excluding hydrogens is 389 g/mol. The van der Waals surface area contributed by atoms with Crippen LogP contribution in [-0.4, -0.2) is 60.4 Å². The normalized spacial score (nSPS) is 22.3. The van der Waals surface area contributed by atoms with Crippen LogP contribution in [0.4, 0.5) is 0 Å². The summed E-state index contributed by atoms with van der Waals surface area (Å²) in [5.41, 5.74) is 6.06. The Hall–Kier alpha value is -1.50. The second-order valence-corrected chi connectivity index (χ2v) is 7.50. The van der Waals surface area contributed by atoms with Crippen molar-refractivity contribution in [3.8, 4) is 5.75 Å². The molecule has 1 aliphatic heterocycles. The van der Waals surface area contributed by atoms with E-state index in [1.54, 1.807) is 29.2 Å². The van der Waals surface area contributed by atoms with Crippen molar-refractivity contribution < 1.29 is 14.3 Å². The van der Waals surface area contributed by atoms with Crippen LogP contribution in [0.25, 0.3) is 0 Å². The number of nitrogens with two attached hydrogens (primary N) is 1. The molecule has 3 rings (SSSR count). The lowest BCUT2D eigenvalue weighted by Gasteiger charge is -2.35. The number of carbonyl (C=O) groups is 2. The van der Waals surface area contributed by atoms with Gasteiger partial charge >= 0.3 is 0 Å². The maximum Gasteiger partial charge on any atom is 0.260 e. The number of nitrogens with zero attached hydrogens (tertiary/aromatic N) is 2. The van der Waals surface area contributed by atoms with E-state index in [0.29, 0.717) is 49.3 Å². The van der Waals surface area contributed by atoms with Crippen LogP contribution in [0.2, 0.25) is 5.02 Å². The molecule has 150 valence electrons. The van der Waals surface area contributed by atoms with E-state index in [2.05, 4.69) is 0 Å². The van der Waals surface area contributed by atoms with E-state index < -0.39 is 0 Å². The van der Waals surface area contributed by atoms with Gasteiger partial charge in [-0.25, -0.2) is 0 Å². The first-order valence-corrected chi connectivity index (χ1v) is 9.60. The van der Waals surface area contributed by atoms with Crippen molar-refractivity contribution >= 4 is 35.8 Å². The summed E-state index contributed by atoms with van der Waals surface area (Å²) in [6.45, 7) is 2.24. The molecule has 0 spiro atoms. The fourth-order valence-corrected chi connectivity index (χ4v) is 3.77. The molecule has 0 bridgehead atoms. The minimum absolute atomic E-state index is 0. The maximum atomic E-state index is 12.4. The van der Waals surface area contributed by atoms with E-state index in [1.807, 2.05) is 4.90 Å². The van der Waals surface area contributed by atoms with E-state index in [1.165, 1.54) is 0 Å². The second kappa shape index (κ2) is 10.2. The molecular formula is C19H27Cl2N3O3. The minimum Gasteiger partial charge on any atom is -0.484 e. The zero-order valence-corrected chi connectivity index (χ0v) is 16.9. The number of amides is 2. The van der Waals surface area contributed by atoms with Crippen molar-refractivity contribution in [1.29, 1.82) is 0 Å². The Balaban J connectivity index is 0.00000261. The molecule has 8 heteroatoms. The van der Waals surface area contributed by atoms with E-state index in [0.717, 1.165) is 19.3 Å². The number of carbonyl (C=O) groups excluding carboxylic acids is 2. The Labute approximate surface area is 171 Å². The number of ether oxygens (including phenoxy) is 1. The highest BCUT2D eigenvalue weighted by molar-refractivity contribution is 6.30. The van der Waals surface area contributed by atoms with Gasteiger partial charge in [-0.1, -0.05) is 18.0 Å². The summed E-state index contributed by atoms with van der Waals surface area (Å²) in [7, 11) is 0. The summed E-state index contributed by atoms with van der Waals surface area (Å²) in [6, 6.07) is 7.08. The van der Waals surface area contributed by atoms with Crippen LogP contribution >= 0.6 is 24.0 Å². The third-order valence-corrected chi connectivity index (χ3v) is 5.57. The third kappa shape index (κ3) is 5.99. The van der Waals surface area contributed by atoms with Crippen LogP contribution in [0, 0.1) is 5.92 Å². The number of hydrogen-bond donors (Lipinski definition) is 1. The molecule has 1 heterocycles. The third-order valence-electron chi connectivity index (χ3n) is 5.32. The Kier molecular flexibility index (Phi) is 8.20. The Morgan fingerprint density at radius 2 is 1.63 bits per heavy atom. The van der Waals surface area contributed by atoms with Crippen LogP contribution in [0.15, 0.2) is 24.3 Å². The van der Waals surface area contributed by atoms with Crippen molar-refractivity contribution in [2.75, 3.05) is 32.8 Å². The van der Waals surface area contributed by atoms with Gasteiger partial charge in [0, 0.05) is 43.7 Å². The molecule has 1 aliphatic carbocycles. The Morgan fingerprint density at radius 3 is 2.19 bits per heavy atom. The lowest BCUT2D eigenvalue weighted by molar-refractivity contribution is -0.141. The Morgan fingerprint density at radius 1 is 1.04 bits per heavy atom. The summed E-state index contributed by atoms with van der Waals surface area (Å²) in [4.78, 5) is 28.3. The van der Waals surface area contributed by atoms with Crippen LogP contribution in [-0.2, 0) is 9.59 Å². The fourth-order valence-electron chi connectivity index (χ4n) is 3.64. The van der Waals surface area contributed by atoms with Crippen molar-refractivity contribution in [1.82, 2.24) is 9.80 Å². The summed E-state index contributed by atoms with van der Waals surface area (Å²) in [6.07, 6.45) is 3.73. The van der Waals surface area contributed by atoms with E-state index in [4.69, 9.17) is 22.1 Å². The average molecular weight is 416 g/mol. The lowest BCUT2D eigenvalue weighted by Crippen LogP contribution is -2.52. The molecule has 2 amide bonds. The van der Waals surface area contributed by atoms with Crippen LogP contribution in [0.1, 0.15) is 25.7 Å². The monoisotopic (exact) mass is 415 g/mol. The lowest BCUT2D eigenvalue weighted by atomic mass is 9.99. The van der Waals surface area contributed by atoms with Gasteiger partial charge in [0.1, 0.15) is 5.75 Å². The van der Waals surface area contributed by atoms with Gasteiger partial charge in [-0.3, -0.25) is 9.59 Å². The zero-order chi connectivity index (χ0) is 18.5. The molecule has 1 aromatic carbocycles. The molecule has 2 aliphatic rings. The molecule has 0 radical (unpaired) electrons. The molecule has 1 aromatic rings. The second-order valence-electron chi connectivity index (χ2n) is 7.06. The van der Waals surface area contributed by atoms with E-state index in [-0.39, 0.29) is 36.9 Å². The number of halogens is 2. The quantitative estimate of drug-likeness (QED) is 0.800. The number of benzene rings is 1. The highest BCUT2D eigenvalue weighted by Crippen LogP contribution is 2.27. The van der Waals surface area contributed by atoms with E-state index >= 15 is 0 Å².